The second-order valence-corrected chi connectivity index (χ2v) is 14.5. The molecule has 4 N–H and O–H groups in total. The van der Waals surface area contributed by atoms with E-state index in [0.29, 0.717) is 18.3 Å². The number of rotatable bonds is 12. The normalized spacial score (nSPS) is 21.9. The zero-order valence-corrected chi connectivity index (χ0v) is 28.8. The lowest BCUT2D eigenvalue weighted by Crippen LogP contribution is -2.54. The first-order valence-corrected chi connectivity index (χ1v) is 18.5. The third-order valence-electron chi connectivity index (χ3n) is 10.6. The molecule has 0 heterocycles. The molecule has 2 aromatic rings. The first-order chi connectivity index (χ1) is 22.8. The number of hydrogen-bond donors (Lipinski definition) is 4. The van der Waals surface area contributed by atoms with Crippen LogP contribution in [0.2, 0.25) is 0 Å². The van der Waals surface area contributed by atoms with Gasteiger partial charge in [-0.25, -0.2) is 4.79 Å². The number of carbonyl (C=O) groups is 3. The quantitative estimate of drug-likeness (QED) is 0.195. The molecule has 258 valence electrons. The Labute approximate surface area is 283 Å². The first kappa shape index (κ1) is 36.6. The van der Waals surface area contributed by atoms with Gasteiger partial charge in [-0.05, 0) is 74.3 Å². The van der Waals surface area contributed by atoms with Gasteiger partial charge in [0.25, 0.3) is 0 Å². The molecule has 7 nitrogen and oxygen atoms in total. The molecule has 0 saturated heterocycles. The molecule has 7 heteroatoms. The maximum Gasteiger partial charge on any atom is 0.326 e. The molecule has 3 fully saturated rings. The Balaban J connectivity index is 0.000000318. The molecule has 3 aliphatic carbocycles. The van der Waals surface area contributed by atoms with Crippen LogP contribution < -0.4 is 16.0 Å². The summed E-state index contributed by atoms with van der Waals surface area (Å²) in [7, 11) is 0. The van der Waals surface area contributed by atoms with Crippen LogP contribution in [0.25, 0.3) is 0 Å². The van der Waals surface area contributed by atoms with Gasteiger partial charge in [-0.2, -0.15) is 0 Å². The van der Waals surface area contributed by atoms with Crippen molar-refractivity contribution in [2.24, 2.45) is 17.8 Å². The van der Waals surface area contributed by atoms with E-state index >= 15 is 0 Å². The van der Waals surface area contributed by atoms with Gasteiger partial charge in [-0.15, -0.1) is 0 Å². The SMILES string of the molecule is C1CCC(NC2CCCCC2)CC1.CC(C)C1CCC(C(=O)N[C@H](Cc2ccccc2)C(=O)N[C@H](Cc2ccccc2)C(=O)O)CC1. The molecule has 2 aromatic carbocycles. The van der Waals surface area contributed by atoms with Crippen molar-refractivity contribution in [3.8, 4) is 0 Å². The highest BCUT2D eigenvalue weighted by Gasteiger charge is 2.32. The summed E-state index contributed by atoms with van der Waals surface area (Å²) in [5, 5.41) is 19.2. The lowest BCUT2D eigenvalue weighted by molar-refractivity contribution is -0.142. The number of carbonyl (C=O) groups excluding carboxylic acids is 2. The number of amides is 2. The van der Waals surface area contributed by atoms with E-state index in [1.165, 1.54) is 64.2 Å². The topological polar surface area (TPSA) is 108 Å². The zero-order valence-electron chi connectivity index (χ0n) is 28.8. The van der Waals surface area contributed by atoms with E-state index in [0.717, 1.165) is 48.9 Å². The Kier molecular flexibility index (Phi) is 15.3. The molecular formula is C40H59N3O4. The van der Waals surface area contributed by atoms with Gasteiger partial charge in [0.1, 0.15) is 12.1 Å². The third kappa shape index (κ3) is 12.7. The summed E-state index contributed by atoms with van der Waals surface area (Å²) in [5.74, 6) is -0.556. The Morgan fingerprint density at radius 1 is 0.638 bits per heavy atom. The van der Waals surface area contributed by atoms with Gasteiger partial charge in [0.15, 0.2) is 0 Å². The maximum absolute atomic E-state index is 13.2. The van der Waals surface area contributed by atoms with Crippen LogP contribution in [-0.4, -0.2) is 47.1 Å². The fourth-order valence-corrected chi connectivity index (χ4v) is 7.59. The van der Waals surface area contributed by atoms with Gasteiger partial charge in [-0.3, -0.25) is 9.59 Å². The number of aliphatic carboxylic acids is 1. The number of carboxylic acid groups (broad SMARTS) is 1. The summed E-state index contributed by atoms with van der Waals surface area (Å²) < 4.78 is 0. The van der Waals surface area contributed by atoms with E-state index in [9.17, 15) is 19.5 Å². The van der Waals surface area contributed by atoms with Gasteiger partial charge in [-0.1, -0.05) is 113 Å². The van der Waals surface area contributed by atoms with Crippen molar-refractivity contribution in [1.82, 2.24) is 16.0 Å². The summed E-state index contributed by atoms with van der Waals surface area (Å²) in [6.45, 7) is 4.44. The first-order valence-electron chi connectivity index (χ1n) is 18.5. The van der Waals surface area contributed by atoms with Gasteiger partial charge >= 0.3 is 5.97 Å². The molecule has 0 aromatic heterocycles. The lowest BCUT2D eigenvalue weighted by atomic mass is 9.76. The van der Waals surface area contributed by atoms with Crippen molar-refractivity contribution in [1.29, 1.82) is 0 Å². The molecule has 3 aliphatic rings. The van der Waals surface area contributed by atoms with Gasteiger partial charge in [0.2, 0.25) is 11.8 Å². The summed E-state index contributed by atoms with van der Waals surface area (Å²) >= 11 is 0. The Bertz CT molecular complexity index is 1180. The predicted octanol–water partition coefficient (Wildman–Crippen LogP) is 7.23. The number of hydrogen-bond acceptors (Lipinski definition) is 4. The van der Waals surface area contributed by atoms with E-state index in [2.05, 4.69) is 29.8 Å². The van der Waals surface area contributed by atoms with Crippen LogP contribution in [0.1, 0.15) is 115 Å². The van der Waals surface area contributed by atoms with Gasteiger partial charge in [0, 0.05) is 30.8 Å². The van der Waals surface area contributed by atoms with E-state index in [1.54, 1.807) is 0 Å². The molecule has 0 spiro atoms. The Morgan fingerprint density at radius 2 is 1.11 bits per heavy atom. The Hall–Kier alpha value is -3.19. The van der Waals surface area contributed by atoms with Gasteiger partial charge in [0.05, 0.1) is 0 Å². The largest absolute Gasteiger partial charge is 0.480 e. The lowest BCUT2D eigenvalue weighted by Gasteiger charge is -2.31. The molecular weight excluding hydrogens is 586 g/mol. The number of carboxylic acids is 1. The van der Waals surface area contributed by atoms with Crippen molar-refractivity contribution >= 4 is 17.8 Å². The highest BCUT2D eigenvalue weighted by atomic mass is 16.4. The van der Waals surface area contributed by atoms with E-state index in [-0.39, 0.29) is 18.2 Å². The highest BCUT2D eigenvalue weighted by molar-refractivity contribution is 5.91. The minimum atomic E-state index is -1.10. The molecule has 3 saturated carbocycles. The van der Waals surface area contributed by atoms with Crippen LogP contribution in [0.3, 0.4) is 0 Å². The Morgan fingerprint density at radius 3 is 1.55 bits per heavy atom. The average molecular weight is 646 g/mol. The molecule has 2 amide bonds. The smallest absolute Gasteiger partial charge is 0.326 e. The standard InChI is InChI=1S/C28H36N2O4.C12H23N/c1-19(2)22-13-15-23(16-14-22)26(31)29-24(17-20-9-5-3-6-10-20)27(32)30-25(28(33)34)18-21-11-7-4-8-12-21;1-3-7-11(8-4-1)13-12-9-5-2-6-10-12/h3-12,19,22-25H,13-18H2,1-2H3,(H,29,31)(H,30,32)(H,33,34);11-13H,1-10H2/t22?,23?,24-,25-;/m1./s1. The predicted molar refractivity (Wildman–Crippen MR) is 189 cm³/mol. The number of nitrogens with one attached hydrogen (secondary N) is 3. The fourth-order valence-electron chi connectivity index (χ4n) is 7.59. The zero-order chi connectivity index (χ0) is 33.4. The summed E-state index contributed by atoms with van der Waals surface area (Å²) in [6.07, 6.45) is 18.7. The van der Waals surface area contributed by atoms with Crippen LogP contribution >= 0.6 is 0 Å². The van der Waals surface area contributed by atoms with Crippen LogP contribution in [0.15, 0.2) is 60.7 Å². The van der Waals surface area contributed by atoms with Crippen molar-refractivity contribution < 1.29 is 19.5 Å². The van der Waals surface area contributed by atoms with Crippen molar-refractivity contribution in [3.05, 3.63) is 71.8 Å². The summed E-state index contributed by atoms with van der Waals surface area (Å²) in [4.78, 5) is 38.2. The number of benzene rings is 2. The second-order valence-electron chi connectivity index (χ2n) is 14.5. The molecule has 0 unspecified atom stereocenters. The third-order valence-corrected chi connectivity index (χ3v) is 10.6. The molecule has 0 bridgehead atoms. The molecule has 47 heavy (non-hydrogen) atoms. The minimum absolute atomic E-state index is 0.110. The van der Waals surface area contributed by atoms with E-state index < -0.39 is 24.0 Å². The van der Waals surface area contributed by atoms with Crippen molar-refractivity contribution in [2.45, 2.75) is 141 Å². The maximum atomic E-state index is 13.2. The van der Waals surface area contributed by atoms with Gasteiger partial charge < -0.3 is 21.1 Å². The molecule has 0 aliphatic heterocycles. The minimum Gasteiger partial charge on any atom is -0.480 e. The van der Waals surface area contributed by atoms with Crippen LogP contribution in [0.5, 0.6) is 0 Å². The average Bonchev–Trinajstić information content (AvgIpc) is 3.09. The fraction of sp³-hybridized carbons (Fsp3) is 0.625. The summed E-state index contributed by atoms with van der Waals surface area (Å²) in [6, 6.07) is 18.5. The van der Waals surface area contributed by atoms with Crippen LogP contribution in [0.4, 0.5) is 0 Å². The molecule has 2 atom stereocenters. The summed E-state index contributed by atoms with van der Waals surface area (Å²) in [5.41, 5.74) is 1.72. The molecule has 5 rings (SSSR count). The van der Waals surface area contributed by atoms with Crippen molar-refractivity contribution in [3.63, 3.8) is 0 Å². The van der Waals surface area contributed by atoms with E-state index in [1.807, 2.05) is 60.7 Å². The highest BCUT2D eigenvalue weighted by Crippen LogP contribution is 2.33. The van der Waals surface area contributed by atoms with Crippen molar-refractivity contribution in [2.75, 3.05) is 0 Å². The monoisotopic (exact) mass is 645 g/mol. The van der Waals surface area contributed by atoms with Crippen LogP contribution in [-0.2, 0) is 27.2 Å². The van der Waals surface area contributed by atoms with Crippen LogP contribution in [0, 0.1) is 17.8 Å². The molecule has 0 radical (unpaired) electrons. The van der Waals surface area contributed by atoms with E-state index in [4.69, 9.17) is 0 Å². The second kappa shape index (κ2) is 19.6.